The number of guanidine groups is 1. The number of carbonyl (C=O) groups excluding carboxylic acids is 1. The number of amides is 1. The summed E-state index contributed by atoms with van der Waals surface area (Å²) < 4.78 is 0. The number of hydrogen-bond acceptors (Lipinski definition) is 4. The van der Waals surface area contributed by atoms with Crippen molar-refractivity contribution in [1.29, 1.82) is 0 Å². The van der Waals surface area contributed by atoms with Crippen LogP contribution in [0.15, 0.2) is 35.3 Å². The minimum absolute atomic E-state index is 0. The first-order chi connectivity index (χ1) is 14.1. The van der Waals surface area contributed by atoms with Crippen molar-refractivity contribution >= 4 is 47.6 Å². The van der Waals surface area contributed by atoms with E-state index in [2.05, 4.69) is 50.9 Å². The molecule has 1 unspecified atom stereocenters. The fraction of sp³-hybridized carbons (Fsp3) is 0.636. The molecule has 0 aromatic heterocycles. The van der Waals surface area contributed by atoms with E-state index in [-0.39, 0.29) is 36.4 Å². The van der Waals surface area contributed by atoms with Crippen LogP contribution in [0.25, 0.3) is 0 Å². The Balaban J connectivity index is 0.00000320. The second-order valence-corrected chi connectivity index (χ2v) is 9.34. The summed E-state index contributed by atoms with van der Waals surface area (Å²) in [6.07, 6.45) is 4.60. The predicted octanol–water partition coefficient (Wildman–Crippen LogP) is 2.79. The summed E-state index contributed by atoms with van der Waals surface area (Å²) in [6.45, 7) is 3.37. The maximum absolute atomic E-state index is 12.0. The molecule has 2 saturated heterocycles. The lowest BCUT2D eigenvalue weighted by Crippen LogP contribution is -2.52. The van der Waals surface area contributed by atoms with Crippen LogP contribution in [0, 0.1) is 0 Å². The molecular formula is C22H36IN5OS. The molecule has 2 aliphatic rings. The van der Waals surface area contributed by atoms with E-state index in [1.807, 2.05) is 11.8 Å². The van der Waals surface area contributed by atoms with E-state index in [0.717, 1.165) is 44.2 Å². The number of rotatable bonds is 6. The lowest BCUT2D eigenvalue weighted by Gasteiger charge is -2.34. The summed E-state index contributed by atoms with van der Waals surface area (Å²) in [6, 6.07) is 11.5. The molecule has 30 heavy (non-hydrogen) atoms. The minimum atomic E-state index is 0. The number of hydrogen-bond donors (Lipinski definition) is 2. The Morgan fingerprint density at radius 1 is 1.13 bits per heavy atom. The number of benzene rings is 1. The zero-order chi connectivity index (χ0) is 20.5. The van der Waals surface area contributed by atoms with E-state index in [1.54, 1.807) is 19.0 Å². The van der Waals surface area contributed by atoms with E-state index in [0.29, 0.717) is 12.1 Å². The van der Waals surface area contributed by atoms with Gasteiger partial charge in [-0.1, -0.05) is 30.3 Å². The largest absolute Gasteiger partial charge is 0.354 e. The number of aliphatic imine (C=N–C) groups is 1. The van der Waals surface area contributed by atoms with Crippen molar-refractivity contribution < 1.29 is 4.79 Å². The van der Waals surface area contributed by atoms with Crippen LogP contribution in [0.3, 0.4) is 0 Å². The highest BCUT2D eigenvalue weighted by Crippen LogP contribution is 2.17. The summed E-state index contributed by atoms with van der Waals surface area (Å²) in [5, 5.41) is 7.20. The Kier molecular flexibility index (Phi) is 11.3. The zero-order valence-electron chi connectivity index (χ0n) is 18.2. The first-order valence-corrected chi connectivity index (χ1v) is 11.9. The molecule has 0 saturated carbocycles. The Morgan fingerprint density at radius 3 is 2.47 bits per heavy atom. The second kappa shape index (κ2) is 13.4. The van der Waals surface area contributed by atoms with Gasteiger partial charge in [0, 0.05) is 51.6 Å². The highest BCUT2D eigenvalue weighted by molar-refractivity contribution is 14.0. The van der Waals surface area contributed by atoms with Crippen molar-refractivity contribution in [1.82, 2.24) is 20.4 Å². The first kappa shape index (κ1) is 25.3. The zero-order valence-corrected chi connectivity index (χ0v) is 21.3. The van der Waals surface area contributed by atoms with Gasteiger partial charge in [-0.15, -0.1) is 24.0 Å². The topological polar surface area (TPSA) is 60.0 Å². The minimum Gasteiger partial charge on any atom is -0.354 e. The van der Waals surface area contributed by atoms with Crippen LogP contribution >= 0.6 is 35.7 Å². The molecule has 0 aliphatic carbocycles. The molecule has 2 heterocycles. The average Bonchev–Trinajstić information content (AvgIpc) is 2.74. The maximum Gasteiger partial charge on any atom is 0.243 e. The van der Waals surface area contributed by atoms with Gasteiger partial charge in [-0.05, 0) is 37.0 Å². The van der Waals surface area contributed by atoms with Crippen molar-refractivity contribution in [3.63, 3.8) is 0 Å². The van der Waals surface area contributed by atoms with E-state index in [1.165, 1.54) is 24.2 Å². The van der Waals surface area contributed by atoms with Gasteiger partial charge in [0.05, 0.1) is 0 Å². The Hall–Kier alpha value is -1.000. The van der Waals surface area contributed by atoms with Crippen LogP contribution in [-0.2, 0) is 11.3 Å². The number of thioether (sulfide) groups is 1. The van der Waals surface area contributed by atoms with Gasteiger partial charge in [-0.3, -0.25) is 9.69 Å². The van der Waals surface area contributed by atoms with E-state index >= 15 is 0 Å². The first-order valence-electron chi connectivity index (χ1n) is 10.7. The van der Waals surface area contributed by atoms with Crippen molar-refractivity contribution in [2.45, 2.75) is 44.3 Å². The number of carbonyl (C=O) groups is 1. The number of piperidine rings is 1. The molecule has 2 fully saturated rings. The lowest BCUT2D eigenvalue weighted by molar-refractivity contribution is -0.127. The summed E-state index contributed by atoms with van der Waals surface area (Å²) in [5.41, 5.74) is 1.37. The molecule has 1 aromatic rings. The molecule has 1 aromatic carbocycles. The van der Waals surface area contributed by atoms with Gasteiger partial charge in [-0.25, -0.2) is 4.99 Å². The normalized spacial score (nSPS) is 20.9. The molecular weight excluding hydrogens is 509 g/mol. The van der Waals surface area contributed by atoms with Gasteiger partial charge in [-0.2, -0.15) is 11.8 Å². The van der Waals surface area contributed by atoms with Crippen LogP contribution in [0.2, 0.25) is 0 Å². The molecule has 6 nitrogen and oxygen atoms in total. The Bertz CT molecular complexity index is 659. The van der Waals surface area contributed by atoms with E-state index in [4.69, 9.17) is 0 Å². The summed E-state index contributed by atoms with van der Waals surface area (Å²) in [4.78, 5) is 20.7. The smallest absolute Gasteiger partial charge is 0.243 e. The highest BCUT2D eigenvalue weighted by atomic mass is 127. The van der Waals surface area contributed by atoms with Crippen molar-refractivity contribution in [3.05, 3.63) is 35.9 Å². The number of likely N-dealkylation sites (tertiary alicyclic amines) is 1. The quantitative estimate of drug-likeness (QED) is 0.327. The van der Waals surface area contributed by atoms with Gasteiger partial charge < -0.3 is 15.5 Å². The third-order valence-corrected chi connectivity index (χ3v) is 6.77. The summed E-state index contributed by atoms with van der Waals surface area (Å²) in [7, 11) is 3.55. The number of nitrogens with one attached hydrogen (secondary N) is 2. The molecule has 3 rings (SSSR count). The SMILES string of the molecule is CN(C)C(=O)CN=C(NC1CCN(Cc2ccccc2)CC1)NC1CCCSC1.I. The third kappa shape index (κ3) is 8.63. The fourth-order valence-electron chi connectivity index (χ4n) is 3.74. The van der Waals surface area contributed by atoms with Gasteiger partial charge in [0.1, 0.15) is 6.54 Å². The monoisotopic (exact) mass is 545 g/mol. The third-order valence-electron chi connectivity index (χ3n) is 5.55. The standard InChI is InChI=1S/C22H35N5OS.HI/c1-26(2)21(28)15-23-22(25-20-9-6-14-29-17-20)24-19-10-12-27(13-11-19)16-18-7-4-3-5-8-18;/h3-5,7-8,19-20H,6,9-17H2,1-2H3,(H2,23,24,25);1H. The second-order valence-electron chi connectivity index (χ2n) is 8.19. The highest BCUT2D eigenvalue weighted by Gasteiger charge is 2.22. The molecule has 2 aliphatic heterocycles. The van der Waals surface area contributed by atoms with E-state index in [9.17, 15) is 4.79 Å². The number of halogens is 1. The van der Waals surface area contributed by atoms with Crippen molar-refractivity contribution in [3.8, 4) is 0 Å². The summed E-state index contributed by atoms with van der Waals surface area (Å²) in [5.74, 6) is 3.19. The van der Waals surface area contributed by atoms with Crippen LogP contribution in [0.4, 0.5) is 0 Å². The molecule has 0 radical (unpaired) electrons. The van der Waals surface area contributed by atoms with Crippen LogP contribution < -0.4 is 10.6 Å². The Labute approximate surface area is 202 Å². The molecule has 168 valence electrons. The van der Waals surface area contributed by atoms with E-state index < -0.39 is 0 Å². The van der Waals surface area contributed by atoms with Crippen LogP contribution in [-0.4, -0.2) is 79.0 Å². The van der Waals surface area contributed by atoms with Gasteiger partial charge in [0.2, 0.25) is 5.91 Å². The predicted molar refractivity (Wildman–Crippen MR) is 138 cm³/mol. The molecule has 8 heteroatoms. The van der Waals surface area contributed by atoms with Gasteiger partial charge in [0.15, 0.2) is 5.96 Å². The molecule has 2 N–H and O–H groups in total. The molecule has 1 amide bonds. The van der Waals surface area contributed by atoms with Crippen LogP contribution in [0.1, 0.15) is 31.2 Å². The van der Waals surface area contributed by atoms with Gasteiger partial charge in [0.25, 0.3) is 0 Å². The Morgan fingerprint density at radius 2 is 1.83 bits per heavy atom. The number of nitrogens with zero attached hydrogens (tertiary/aromatic N) is 3. The lowest BCUT2D eigenvalue weighted by atomic mass is 10.0. The van der Waals surface area contributed by atoms with Crippen molar-refractivity contribution in [2.24, 2.45) is 4.99 Å². The van der Waals surface area contributed by atoms with Crippen molar-refractivity contribution in [2.75, 3.05) is 45.2 Å². The molecule has 1 atom stereocenters. The molecule has 0 spiro atoms. The maximum atomic E-state index is 12.0. The van der Waals surface area contributed by atoms with Crippen LogP contribution in [0.5, 0.6) is 0 Å². The average molecular weight is 546 g/mol. The van der Waals surface area contributed by atoms with Gasteiger partial charge >= 0.3 is 0 Å². The molecule has 0 bridgehead atoms. The number of likely N-dealkylation sites (N-methyl/N-ethyl adjacent to an activating group) is 1. The summed E-state index contributed by atoms with van der Waals surface area (Å²) >= 11 is 1.99. The fourth-order valence-corrected chi connectivity index (χ4v) is 4.81.